The molecule has 0 aromatic rings. The van der Waals surface area contributed by atoms with Gasteiger partial charge in [-0.15, -0.1) is 0 Å². The van der Waals surface area contributed by atoms with E-state index in [1.165, 1.54) is 32.1 Å². The number of hydrogen-bond acceptors (Lipinski definition) is 0. The Bertz CT molecular complexity index is 106. The Kier molecular flexibility index (Phi) is 0.592. The quantitative estimate of drug-likeness (QED) is 0.404. The van der Waals surface area contributed by atoms with Crippen molar-refractivity contribution in [3.8, 4) is 0 Å². The highest BCUT2D eigenvalue weighted by atomic mass is 14.3. The van der Waals surface area contributed by atoms with Crippen LogP contribution in [0.3, 0.4) is 0 Å². The van der Waals surface area contributed by atoms with Gasteiger partial charge in [0.1, 0.15) is 0 Å². The molecular formula is C7H10. The van der Waals surface area contributed by atoms with Crippen molar-refractivity contribution in [1.82, 2.24) is 0 Å². The van der Waals surface area contributed by atoms with Crippen molar-refractivity contribution >= 4 is 0 Å². The average Bonchev–Trinajstić information content (AvgIpc) is 2.41. The van der Waals surface area contributed by atoms with Gasteiger partial charge in [-0.25, -0.2) is 0 Å². The minimum Gasteiger partial charge on any atom is -0.0666 e. The summed E-state index contributed by atoms with van der Waals surface area (Å²) >= 11 is 0. The second-order valence-electron chi connectivity index (χ2n) is 2.59. The third-order valence-electron chi connectivity index (χ3n) is 2.01. The van der Waals surface area contributed by atoms with E-state index >= 15 is 0 Å². The van der Waals surface area contributed by atoms with Crippen LogP contribution < -0.4 is 0 Å². The van der Waals surface area contributed by atoms with E-state index in [-0.39, 0.29) is 0 Å². The first-order chi connectivity index (χ1) is 3.47. The molecule has 0 aromatic carbocycles. The number of allylic oxidation sites excluding steroid dienone is 2. The van der Waals surface area contributed by atoms with Crippen molar-refractivity contribution in [2.24, 2.45) is 0 Å². The van der Waals surface area contributed by atoms with E-state index in [1.807, 2.05) is 0 Å². The van der Waals surface area contributed by atoms with Crippen LogP contribution in [0, 0.1) is 0 Å². The molecule has 0 N–H and O–H groups in total. The molecule has 2 rings (SSSR count). The predicted molar refractivity (Wildman–Crippen MR) is 30.1 cm³/mol. The van der Waals surface area contributed by atoms with Crippen LogP contribution in [0.5, 0.6) is 0 Å². The Balaban J connectivity index is 2.15. The van der Waals surface area contributed by atoms with Gasteiger partial charge in [-0.05, 0) is 32.1 Å². The maximum Gasteiger partial charge on any atom is -0.0103 e. The van der Waals surface area contributed by atoms with Crippen LogP contribution in [0.15, 0.2) is 11.1 Å². The zero-order chi connectivity index (χ0) is 4.69. The summed E-state index contributed by atoms with van der Waals surface area (Å²) in [7, 11) is 0. The first kappa shape index (κ1) is 3.71. The average molecular weight is 94.2 g/mol. The molecular weight excluding hydrogens is 84.1 g/mol. The molecule has 0 aromatic heterocycles. The predicted octanol–water partition coefficient (Wildman–Crippen LogP) is 2.26. The van der Waals surface area contributed by atoms with Crippen LogP contribution in [0.25, 0.3) is 0 Å². The molecule has 0 spiro atoms. The van der Waals surface area contributed by atoms with Gasteiger partial charge < -0.3 is 0 Å². The molecule has 0 radical (unpaired) electrons. The van der Waals surface area contributed by atoms with Crippen molar-refractivity contribution in [3.05, 3.63) is 11.1 Å². The van der Waals surface area contributed by atoms with Gasteiger partial charge in [0, 0.05) is 0 Å². The highest BCUT2D eigenvalue weighted by Gasteiger charge is 2.22. The summed E-state index contributed by atoms with van der Waals surface area (Å²) in [5, 5.41) is 0. The lowest BCUT2D eigenvalue weighted by molar-refractivity contribution is 0.730. The van der Waals surface area contributed by atoms with Crippen molar-refractivity contribution in [3.63, 3.8) is 0 Å². The fourth-order valence-electron chi connectivity index (χ4n) is 1.42. The lowest BCUT2D eigenvalue weighted by Gasteiger charge is -1.96. The minimum absolute atomic E-state index is 1.42. The van der Waals surface area contributed by atoms with E-state index in [2.05, 4.69) is 0 Å². The Labute approximate surface area is 44.2 Å². The number of rotatable bonds is 0. The highest BCUT2D eigenvalue weighted by molar-refractivity contribution is 5.36. The van der Waals surface area contributed by atoms with Crippen LogP contribution in [0.4, 0.5) is 0 Å². The van der Waals surface area contributed by atoms with Crippen LogP contribution in [0.2, 0.25) is 0 Å². The Morgan fingerprint density at radius 2 is 1.43 bits per heavy atom. The van der Waals surface area contributed by atoms with Gasteiger partial charge in [-0.3, -0.25) is 0 Å². The van der Waals surface area contributed by atoms with Crippen molar-refractivity contribution in [2.75, 3.05) is 0 Å². The van der Waals surface area contributed by atoms with Crippen LogP contribution in [-0.4, -0.2) is 0 Å². The van der Waals surface area contributed by atoms with Gasteiger partial charge in [-0.1, -0.05) is 11.1 Å². The smallest absolute Gasteiger partial charge is 0.0103 e. The van der Waals surface area contributed by atoms with Gasteiger partial charge in [0.2, 0.25) is 0 Å². The van der Waals surface area contributed by atoms with Crippen LogP contribution in [0.1, 0.15) is 32.1 Å². The summed E-state index contributed by atoms with van der Waals surface area (Å²) in [4.78, 5) is 0. The molecule has 0 heteroatoms. The van der Waals surface area contributed by atoms with Crippen LogP contribution >= 0.6 is 0 Å². The molecule has 7 heavy (non-hydrogen) atoms. The molecule has 0 fully saturated rings. The summed E-state index contributed by atoms with van der Waals surface area (Å²) in [5.74, 6) is 0. The number of hydrogen-bond donors (Lipinski definition) is 0. The highest BCUT2D eigenvalue weighted by Crippen LogP contribution is 2.42. The fourth-order valence-corrected chi connectivity index (χ4v) is 1.42. The van der Waals surface area contributed by atoms with E-state index in [1.54, 1.807) is 11.1 Å². The minimum atomic E-state index is 1.42. The second-order valence-corrected chi connectivity index (χ2v) is 2.59. The van der Waals surface area contributed by atoms with E-state index in [4.69, 9.17) is 0 Å². The third kappa shape index (κ3) is 0.495. The molecule has 2 aliphatic carbocycles. The van der Waals surface area contributed by atoms with Gasteiger partial charge >= 0.3 is 0 Å². The van der Waals surface area contributed by atoms with E-state index in [9.17, 15) is 0 Å². The zero-order valence-corrected chi connectivity index (χ0v) is 4.54. The first-order valence-electron chi connectivity index (χ1n) is 3.16. The largest absolute Gasteiger partial charge is 0.0666 e. The molecule has 0 atom stereocenters. The molecule has 0 aliphatic heterocycles. The van der Waals surface area contributed by atoms with Crippen molar-refractivity contribution in [1.29, 1.82) is 0 Å². The molecule has 2 aliphatic rings. The van der Waals surface area contributed by atoms with Crippen LogP contribution in [-0.2, 0) is 0 Å². The molecule has 0 nitrogen and oxygen atoms in total. The summed E-state index contributed by atoms with van der Waals surface area (Å²) in [6.07, 6.45) is 7.24. The van der Waals surface area contributed by atoms with Gasteiger partial charge in [0.15, 0.2) is 0 Å². The maximum absolute atomic E-state index is 1.80. The topological polar surface area (TPSA) is 0 Å². The van der Waals surface area contributed by atoms with Gasteiger partial charge in [-0.2, -0.15) is 0 Å². The Hall–Kier alpha value is -0.260. The monoisotopic (exact) mass is 94.1 g/mol. The van der Waals surface area contributed by atoms with E-state index in [0.29, 0.717) is 0 Å². The SMILES string of the molecule is C1CCC2=C(C1)C2. The zero-order valence-electron chi connectivity index (χ0n) is 4.54. The standard InChI is InChI=1S/C7H10/c1-2-4-7-5-6(7)3-1/h1-5H2. The Morgan fingerprint density at radius 1 is 0.857 bits per heavy atom. The molecule has 0 saturated heterocycles. The fraction of sp³-hybridized carbons (Fsp3) is 0.714. The van der Waals surface area contributed by atoms with E-state index < -0.39 is 0 Å². The molecule has 38 valence electrons. The van der Waals surface area contributed by atoms with Crippen molar-refractivity contribution in [2.45, 2.75) is 32.1 Å². The maximum atomic E-state index is 1.80. The summed E-state index contributed by atoms with van der Waals surface area (Å²) < 4.78 is 0. The molecule has 0 amide bonds. The Morgan fingerprint density at radius 3 is 1.86 bits per heavy atom. The normalized spacial score (nSPS) is 27.4. The third-order valence-corrected chi connectivity index (χ3v) is 2.01. The molecule has 0 bridgehead atoms. The summed E-state index contributed by atoms with van der Waals surface area (Å²) in [6.45, 7) is 0. The van der Waals surface area contributed by atoms with E-state index in [0.717, 1.165) is 0 Å². The summed E-state index contributed by atoms with van der Waals surface area (Å²) in [6, 6.07) is 0. The summed E-state index contributed by atoms with van der Waals surface area (Å²) in [5.41, 5.74) is 3.59. The molecule has 0 saturated carbocycles. The lowest BCUT2D eigenvalue weighted by atomic mass is 10.1. The second kappa shape index (κ2) is 1.12. The van der Waals surface area contributed by atoms with Gasteiger partial charge in [0.05, 0.1) is 0 Å². The molecule has 0 heterocycles. The van der Waals surface area contributed by atoms with Gasteiger partial charge in [0.25, 0.3) is 0 Å². The molecule has 0 unspecified atom stereocenters. The first-order valence-corrected chi connectivity index (χ1v) is 3.16. The lowest BCUT2D eigenvalue weighted by Crippen LogP contribution is -1.77. The van der Waals surface area contributed by atoms with Crippen molar-refractivity contribution < 1.29 is 0 Å².